The van der Waals surface area contributed by atoms with Crippen LogP contribution in [-0.4, -0.2) is 43.3 Å². The fourth-order valence-corrected chi connectivity index (χ4v) is 4.51. The molecular formula is C24H23F3N2O4. The Hall–Kier alpha value is -3.49. The maximum Gasteiger partial charge on any atom is 0.420 e. The van der Waals surface area contributed by atoms with Crippen molar-refractivity contribution in [2.24, 2.45) is 0 Å². The summed E-state index contributed by atoms with van der Waals surface area (Å²) < 4.78 is 54.7. The smallest absolute Gasteiger partial charge is 0.420 e. The molecule has 2 aliphatic rings. The number of fused-ring (bicyclic) bond motifs is 3. The Morgan fingerprint density at radius 2 is 1.85 bits per heavy atom. The molecule has 6 nitrogen and oxygen atoms in total. The zero-order valence-electron chi connectivity index (χ0n) is 18.4. The fourth-order valence-electron chi connectivity index (χ4n) is 4.51. The number of methoxy groups -OCH3 is 1. The van der Waals surface area contributed by atoms with Gasteiger partial charge >= 0.3 is 18.2 Å². The van der Waals surface area contributed by atoms with Gasteiger partial charge in [0.25, 0.3) is 0 Å². The minimum atomic E-state index is -4.95. The molecule has 1 unspecified atom stereocenters. The van der Waals surface area contributed by atoms with Crippen molar-refractivity contribution in [3.05, 3.63) is 70.8 Å². The first-order valence-corrected chi connectivity index (χ1v) is 10.4. The van der Waals surface area contributed by atoms with Crippen molar-refractivity contribution in [1.29, 1.82) is 0 Å². The summed E-state index contributed by atoms with van der Waals surface area (Å²) in [6.07, 6.45) is -3.81. The zero-order valence-corrected chi connectivity index (χ0v) is 18.4. The van der Waals surface area contributed by atoms with Crippen LogP contribution in [0.25, 0.3) is 0 Å². The van der Waals surface area contributed by atoms with E-state index in [0.717, 1.165) is 6.08 Å². The van der Waals surface area contributed by atoms with Crippen LogP contribution in [0.2, 0.25) is 0 Å². The van der Waals surface area contributed by atoms with Crippen molar-refractivity contribution < 1.29 is 32.2 Å². The Labute approximate surface area is 189 Å². The van der Waals surface area contributed by atoms with Crippen LogP contribution in [-0.2, 0) is 21.6 Å². The van der Waals surface area contributed by atoms with Gasteiger partial charge < -0.3 is 9.47 Å². The molecule has 174 valence electrons. The second-order valence-corrected chi connectivity index (χ2v) is 7.89. The van der Waals surface area contributed by atoms with Crippen LogP contribution >= 0.6 is 0 Å². The van der Waals surface area contributed by atoms with Gasteiger partial charge in [-0.3, -0.25) is 9.80 Å². The van der Waals surface area contributed by atoms with E-state index in [1.165, 1.54) is 31.1 Å². The predicted octanol–water partition coefficient (Wildman–Crippen LogP) is 4.71. The van der Waals surface area contributed by atoms with Gasteiger partial charge in [-0.25, -0.2) is 9.59 Å². The first-order valence-electron chi connectivity index (χ1n) is 10.4. The molecule has 0 saturated heterocycles. The van der Waals surface area contributed by atoms with Gasteiger partial charge in [-0.15, -0.1) is 0 Å². The Morgan fingerprint density at radius 1 is 1.15 bits per heavy atom. The lowest BCUT2D eigenvalue weighted by molar-refractivity contribution is -0.212. The number of esters is 1. The second kappa shape index (κ2) is 8.13. The summed E-state index contributed by atoms with van der Waals surface area (Å²) in [6, 6.07) is 10.6. The molecule has 0 N–H and O–H groups in total. The lowest BCUT2D eigenvalue weighted by Gasteiger charge is -2.49. The number of ether oxygens (including phenoxy) is 2. The van der Waals surface area contributed by atoms with E-state index in [4.69, 9.17) is 9.47 Å². The van der Waals surface area contributed by atoms with Gasteiger partial charge in [0.2, 0.25) is 0 Å². The molecule has 2 aromatic carbocycles. The summed E-state index contributed by atoms with van der Waals surface area (Å²) >= 11 is 0. The van der Waals surface area contributed by atoms with Crippen molar-refractivity contribution in [2.75, 3.05) is 25.2 Å². The largest absolute Gasteiger partial charge is 0.497 e. The van der Waals surface area contributed by atoms with Gasteiger partial charge in [0.05, 0.1) is 31.5 Å². The summed E-state index contributed by atoms with van der Waals surface area (Å²) in [7, 11) is 1.53. The van der Waals surface area contributed by atoms with Gasteiger partial charge in [0.1, 0.15) is 5.75 Å². The Bertz CT molecular complexity index is 1130. The monoisotopic (exact) mass is 460 g/mol. The lowest BCUT2D eigenvalue weighted by atomic mass is 9.78. The number of halogens is 3. The molecule has 0 radical (unpaired) electrons. The third-order valence-corrected chi connectivity index (χ3v) is 5.97. The third kappa shape index (κ3) is 3.42. The summed E-state index contributed by atoms with van der Waals surface area (Å²) in [4.78, 5) is 28.2. The average molecular weight is 460 g/mol. The summed E-state index contributed by atoms with van der Waals surface area (Å²) in [5.41, 5.74) is -2.26. The number of anilines is 1. The number of hydrogen-bond acceptors (Lipinski definition) is 4. The number of rotatable bonds is 5. The average Bonchev–Trinajstić information content (AvgIpc) is 3.20. The van der Waals surface area contributed by atoms with Crippen molar-refractivity contribution >= 4 is 17.7 Å². The van der Waals surface area contributed by atoms with Gasteiger partial charge in [-0.2, -0.15) is 13.2 Å². The van der Waals surface area contributed by atoms with Crippen LogP contribution in [0, 0.1) is 6.92 Å². The van der Waals surface area contributed by atoms with Gasteiger partial charge in [0.15, 0.2) is 5.54 Å². The SMILES string of the molecule is CCOC(=O)C1=CCN2C(=O)N(Cc3ccc(OC)cc3)c3ccc(C)cc3C12C(F)(F)F. The highest BCUT2D eigenvalue weighted by atomic mass is 19.4. The van der Waals surface area contributed by atoms with E-state index in [1.807, 2.05) is 0 Å². The van der Waals surface area contributed by atoms with Crippen LogP contribution in [0.15, 0.2) is 54.1 Å². The summed E-state index contributed by atoms with van der Waals surface area (Å²) in [6.45, 7) is 2.80. The van der Waals surface area contributed by atoms with E-state index in [0.29, 0.717) is 21.8 Å². The molecule has 0 aliphatic carbocycles. The number of aryl methyl sites for hydroxylation is 1. The fraction of sp³-hybridized carbons (Fsp3) is 0.333. The molecule has 0 fully saturated rings. The quantitative estimate of drug-likeness (QED) is 0.607. The van der Waals surface area contributed by atoms with E-state index in [-0.39, 0.29) is 30.9 Å². The number of amides is 2. The molecule has 4 rings (SSSR count). The van der Waals surface area contributed by atoms with E-state index < -0.39 is 29.3 Å². The maximum absolute atomic E-state index is 14.9. The molecule has 0 spiro atoms. The first-order chi connectivity index (χ1) is 15.6. The van der Waals surface area contributed by atoms with Crippen LogP contribution in [0.3, 0.4) is 0 Å². The van der Waals surface area contributed by atoms with E-state index in [9.17, 15) is 22.8 Å². The molecule has 0 saturated carbocycles. The minimum absolute atomic E-state index is 0.0536. The second-order valence-electron chi connectivity index (χ2n) is 7.89. The number of carbonyl (C=O) groups excluding carboxylic acids is 2. The van der Waals surface area contributed by atoms with Crippen molar-refractivity contribution in [2.45, 2.75) is 32.1 Å². The molecule has 2 aliphatic heterocycles. The maximum atomic E-state index is 14.9. The van der Waals surface area contributed by atoms with Crippen LogP contribution in [0.4, 0.5) is 23.7 Å². The van der Waals surface area contributed by atoms with Gasteiger partial charge in [-0.1, -0.05) is 35.9 Å². The highest BCUT2D eigenvalue weighted by Crippen LogP contribution is 2.57. The lowest BCUT2D eigenvalue weighted by Crippen LogP contribution is -2.64. The number of hydrogen-bond donors (Lipinski definition) is 0. The van der Waals surface area contributed by atoms with Gasteiger partial charge in [0, 0.05) is 12.1 Å². The van der Waals surface area contributed by atoms with E-state index in [1.54, 1.807) is 37.3 Å². The van der Waals surface area contributed by atoms with E-state index >= 15 is 0 Å². The van der Waals surface area contributed by atoms with Crippen molar-refractivity contribution in [1.82, 2.24) is 4.90 Å². The molecule has 9 heteroatoms. The molecule has 2 heterocycles. The summed E-state index contributed by atoms with van der Waals surface area (Å²) in [5, 5.41) is 0. The Morgan fingerprint density at radius 3 is 2.45 bits per heavy atom. The molecule has 33 heavy (non-hydrogen) atoms. The highest BCUT2D eigenvalue weighted by molar-refractivity contribution is 6.02. The zero-order chi connectivity index (χ0) is 24.0. The van der Waals surface area contributed by atoms with Crippen LogP contribution in [0.5, 0.6) is 5.75 Å². The molecule has 2 aromatic rings. The summed E-state index contributed by atoms with van der Waals surface area (Å²) in [5.74, 6) is -0.458. The molecule has 2 amide bonds. The minimum Gasteiger partial charge on any atom is -0.497 e. The number of nitrogens with zero attached hydrogens (tertiary/aromatic N) is 2. The van der Waals surface area contributed by atoms with Crippen molar-refractivity contribution in [3.8, 4) is 5.75 Å². The normalized spacial score (nSPS) is 19.7. The number of carbonyl (C=O) groups is 2. The van der Waals surface area contributed by atoms with Gasteiger partial charge in [-0.05, 0) is 37.6 Å². The first kappa shape index (κ1) is 22.7. The third-order valence-electron chi connectivity index (χ3n) is 5.97. The molecule has 0 bridgehead atoms. The Kier molecular flexibility index (Phi) is 5.59. The molecular weight excluding hydrogens is 437 g/mol. The number of urea groups is 1. The predicted molar refractivity (Wildman–Crippen MR) is 115 cm³/mol. The number of benzene rings is 2. The standard InChI is InChI=1S/C24H23F3N2O4/c1-4-33-21(30)18-11-12-29-22(31)28(14-16-6-8-17(32-3)9-7-16)20-10-5-15(2)13-19(20)23(18,29)24(25,26)27/h5-11,13H,4,12,14H2,1-3H3. The van der Waals surface area contributed by atoms with Crippen LogP contribution in [0.1, 0.15) is 23.6 Å². The molecule has 0 aromatic heterocycles. The van der Waals surface area contributed by atoms with E-state index in [2.05, 4.69) is 0 Å². The highest BCUT2D eigenvalue weighted by Gasteiger charge is 2.70. The van der Waals surface area contributed by atoms with Crippen LogP contribution < -0.4 is 9.64 Å². The van der Waals surface area contributed by atoms with Crippen molar-refractivity contribution in [3.63, 3.8) is 0 Å². The molecule has 1 atom stereocenters. The topological polar surface area (TPSA) is 59.1 Å². The number of alkyl halides is 3. The Balaban J connectivity index is 1.89.